The highest BCUT2D eigenvalue weighted by Gasteiger charge is 2.60. The van der Waals surface area contributed by atoms with Gasteiger partial charge in [-0.25, -0.2) is 0 Å². The second-order valence-electron chi connectivity index (χ2n) is 7.84. The smallest absolute Gasteiger partial charge is 0.0593 e. The van der Waals surface area contributed by atoms with Gasteiger partial charge in [0.25, 0.3) is 0 Å². The standard InChI is InChI=1S/C22H28N2O/c1-23-14-13-22(16-23)20(17-9-5-3-6-10-17)19(15-25)24(2)21(22)18-11-7-4-8-12-18/h3-12,19-21,25H,13-16H2,1-2H3/t19-,20-,21+,22+/m0/s1. The molecule has 3 nitrogen and oxygen atoms in total. The molecule has 0 amide bonds. The van der Waals surface area contributed by atoms with Gasteiger partial charge >= 0.3 is 0 Å². The first kappa shape index (κ1) is 16.8. The van der Waals surface area contributed by atoms with Crippen molar-refractivity contribution in [3.05, 3.63) is 71.8 Å². The highest BCUT2D eigenvalue weighted by molar-refractivity contribution is 5.35. The largest absolute Gasteiger partial charge is 0.395 e. The second-order valence-corrected chi connectivity index (χ2v) is 7.84. The van der Waals surface area contributed by atoms with E-state index in [1.807, 2.05) is 0 Å². The molecule has 2 aliphatic rings. The molecule has 2 aromatic rings. The van der Waals surface area contributed by atoms with Gasteiger partial charge in [0.1, 0.15) is 0 Å². The summed E-state index contributed by atoms with van der Waals surface area (Å²) in [6.45, 7) is 2.40. The number of likely N-dealkylation sites (N-methyl/N-ethyl adjacent to an activating group) is 1. The summed E-state index contributed by atoms with van der Waals surface area (Å²) in [6.07, 6.45) is 1.17. The van der Waals surface area contributed by atoms with Crippen LogP contribution < -0.4 is 0 Å². The Bertz CT molecular complexity index is 704. The van der Waals surface area contributed by atoms with Gasteiger partial charge in [0.15, 0.2) is 0 Å². The van der Waals surface area contributed by atoms with Gasteiger partial charge in [0.05, 0.1) is 6.61 Å². The third-order valence-electron chi connectivity index (χ3n) is 6.46. The molecule has 0 radical (unpaired) electrons. The van der Waals surface area contributed by atoms with Gasteiger partial charge in [-0.1, -0.05) is 60.7 Å². The summed E-state index contributed by atoms with van der Waals surface area (Å²) in [5.74, 6) is 0.346. The Labute approximate surface area is 150 Å². The van der Waals surface area contributed by atoms with E-state index in [0.29, 0.717) is 12.0 Å². The molecule has 132 valence electrons. The summed E-state index contributed by atoms with van der Waals surface area (Å²) in [7, 11) is 4.42. The third kappa shape index (κ3) is 2.62. The zero-order chi connectivity index (χ0) is 17.4. The lowest BCUT2D eigenvalue weighted by Crippen LogP contribution is -2.35. The van der Waals surface area contributed by atoms with Crippen molar-refractivity contribution in [1.29, 1.82) is 0 Å². The Hall–Kier alpha value is -1.68. The van der Waals surface area contributed by atoms with Crippen LogP contribution in [0.15, 0.2) is 60.7 Å². The zero-order valence-corrected chi connectivity index (χ0v) is 15.2. The number of benzene rings is 2. The second kappa shape index (κ2) is 6.56. The van der Waals surface area contributed by atoms with E-state index < -0.39 is 0 Å². The third-order valence-corrected chi connectivity index (χ3v) is 6.46. The molecule has 0 aromatic heterocycles. The molecule has 2 heterocycles. The predicted octanol–water partition coefficient (Wildman–Crippen LogP) is 3.14. The normalized spacial score (nSPS) is 33.3. The molecule has 1 N–H and O–H groups in total. The van der Waals surface area contributed by atoms with Gasteiger partial charge in [-0.15, -0.1) is 0 Å². The molecule has 1 spiro atoms. The molecule has 2 aromatic carbocycles. The van der Waals surface area contributed by atoms with Crippen LogP contribution in [-0.4, -0.2) is 54.7 Å². The quantitative estimate of drug-likeness (QED) is 0.933. The van der Waals surface area contributed by atoms with Gasteiger partial charge in [0, 0.05) is 30.0 Å². The lowest BCUT2D eigenvalue weighted by molar-refractivity contribution is 0.139. The Balaban J connectivity index is 1.87. The van der Waals surface area contributed by atoms with Crippen LogP contribution in [0.1, 0.15) is 29.5 Å². The monoisotopic (exact) mass is 336 g/mol. The maximum absolute atomic E-state index is 10.3. The molecule has 4 rings (SSSR count). The van der Waals surface area contributed by atoms with Crippen molar-refractivity contribution in [2.45, 2.75) is 24.4 Å². The van der Waals surface area contributed by atoms with Crippen molar-refractivity contribution in [2.24, 2.45) is 5.41 Å². The number of likely N-dealkylation sites (tertiary alicyclic amines) is 2. The topological polar surface area (TPSA) is 26.7 Å². The predicted molar refractivity (Wildman–Crippen MR) is 102 cm³/mol. The summed E-state index contributed by atoms with van der Waals surface area (Å²) < 4.78 is 0. The van der Waals surface area contributed by atoms with Crippen LogP contribution in [0.25, 0.3) is 0 Å². The van der Waals surface area contributed by atoms with E-state index in [2.05, 4.69) is 84.6 Å². The fourth-order valence-corrected chi connectivity index (χ4v) is 5.57. The van der Waals surface area contributed by atoms with Crippen LogP contribution >= 0.6 is 0 Å². The first-order valence-electron chi connectivity index (χ1n) is 9.28. The van der Waals surface area contributed by atoms with Gasteiger partial charge in [-0.05, 0) is 38.2 Å². The fourth-order valence-electron chi connectivity index (χ4n) is 5.57. The van der Waals surface area contributed by atoms with Gasteiger partial charge in [-0.3, -0.25) is 4.90 Å². The minimum Gasteiger partial charge on any atom is -0.395 e. The number of hydrogen-bond acceptors (Lipinski definition) is 3. The Morgan fingerprint density at radius 3 is 2.08 bits per heavy atom. The van der Waals surface area contributed by atoms with Crippen LogP contribution in [0.4, 0.5) is 0 Å². The molecule has 0 saturated carbocycles. The molecule has 0 bridgehead atoms. The maximum Gasteiger partial charge on any atom is 0.0593 e. The van der Waals surface area contributed by atoms with E-state index >= 15 is 0 Å². The van der Waals surface area contributed by atoms with Gasteiger partial charge in [0.2, 0.25) is 0 Å². The highest BCUT2D eigenvalue weighted by Crippen LogP contribution is 2.61. The zero-order valence-electron chi connectivity index (χ0n) is 15.2. The summed E-state index contributed by atoms with van der Waals surface area (Å²) in [6, 6.07) is 22.2. The number of aliphatic hydroxyl groups excluding tert-OH is 1. The summed E-state index contributed by atoms with van der Waals surface area (Å²) in [4.78, 5) is 4.89. The van der Waals surface area contributed by atoms with Crippen molar-refractivity contribution in [3.8, 4) is 0 Å². The van der Waals surface area contributed by atoms with E-state index in [9.17, 15) is 5.11 Å². The van der Waals surface area contributed by atoms with E-state index in [1.54, 1.807) is 0 Å². The Morgan fingerprint density at radius 2 is 1.56 bits per heavy atom. The van der Waals surface area contributed by atoms with Gasteiger partial charge < -0.3 is 10.0 Å². The number of rotatable bonds is 3. The summed E-state index contributed by atoms with van der Waals surface area (Å²) >= 11 is 0. The summed E-state index contributed by atoms with van der Waals surface area (Å²) in [5, 5.41) is 10.3. The molecule has 4 atom stereocenters. The average molecular weight is 336 g/mol. The van der Waals surface area contributed by atoms with Crippen molar-refractivity contribution < 1.29 is 5.11 Å². The molecule has 2 saturated heterocycles. The molecule has 2 aliphatic heterocycles. The first-order chi connectivity index (χ1) is 12.2. The van der Waals surface area contributed by atoms with Gasteiger partial charge in [-0.2, -0.15) is 0 Å². The lowest BCUT2D eigenvalue weighted by atomic mass is 9.66. The van der Waals surface area contributed by atoms with Crippen molar-refractivity contribution in [3.63, 3.8) is 0 Å². The van der Waals surface area contributed by atoms with E-state index in [0.717, 1.165) is 13.1 Å². The van der Waals surface area contributed by atoms with Crippen molar-refractivity contribution in [1.82, 2.24) is 9.80 Å². The summed E-state index contributed by atoms with van der Waals surface area (Å²) in [5.41, 5.74) is 2.87. The molecule has 25 heavy (non-hydrogen) atoms. The Morgan fingerprint density at radius 1 is 0.960 bits per heavy atom. The molecule has 0 unspecified atom stereocenters. The fraction of sp³-hybridized carbons (Fsp3) is 0.455. The Kier molecular flexibility index (Phi) is 4.40. The molecule has 2 fully saturated rings. The van der Waals surface area contributed by atoms with E-state index in [1.165, 1.54) is 17.5 Å². The molecular weight excluding hydrogens is 308 g/mol. The lowest BCUT2D eigenvalue weighted by Gasteiger charge is -2.38. The number of aliphatic hydroxyl groups is 1. The molecule has 0 aliphatic carbocycles. The number of nitrogens with zero attached hydrogens (tertiary/aromatic N) is 2. The van der Waals surface area contributed by atoms with Crippen LogP contribution in [-0.2, 0) is 0 Å². The van der Waals surface area contributed by atoms with Crippen molar-refractivity contribution >= 4 is 0 Å². The van der Waals surface area contributed by atoms with Crippen LogP contribution in [0.3, 0.4) is 0 Å². The first-order valence-corrected chi connectivity index (χ1v) is 9.28. The van der Waals surface area contributed by atoms with Crippen LogP contribution in [0, 0.1) is 5.41 Å². The van der Waals surface area contributed by atoms with Crippen LogP contribution in [0.5, 0.6) is 0 Å². The van der Waals surface area contributed by atoms with Crippen molar-refractivity contribution in [2.75, 3.05) is 33.8 Å². The minimum absolute atomic E-state index is 0.138. The van der Waals surface area contributed by atoms with E-state index in [-0.39, 0.29) is 18.1 Å². The molecular formula is C22H28N2O. The average Bonchev–Trinajstić information content (AvgIpc) is 3.13. The van der Waals surface area contributed by atoms with E-state index in [4.69, 9.17) is 0 Å². The minimum atomic E-state index is 0.138. The highest BCUT2D eigenvalue weighted by atomic mass is 16.3. The number of hydrogen-bond donors (Lipinski definition) is 1. The van der Waals surface area contributed by atoms with Crippen LogP contribution in [0.2, 0.25) is 0 Å². The molecule has 3 heteroatoms. The maximum atomic E-state index is 10.3. The SMILES string of the molecule is CN1CC[C@@]2(C1)[C@@H](c1ccccc1)[C@H](CO)N(C)[C@@H]2c1ccccc1.